The van der Waals surface area contributed by atoms with E-state index < -0.39 is 30.7 Å². The van der Waals surface area contributed by atoms with Crippen LogP contribution in [0, 0.1) is 5.82 Å². The molecule has 1 amide bonds. The number of nitrogens with zero attached hydrogens (tertiary/aromatic N) is 1. The first kappa shape index (κ1) is 20.4. The van der Waals surface area contributed by atoms with E-state index in [1.165, 1.54) is 25.3 Å². The van der Waals surface area contributed by atoms with Crippen molar-refractivity contribution >= 4 is 5.91 Å². The van der Waals surface area contributed by atoms with Crippen molar-refractivity contribution in [3.63, 3.8) is 0 Å². The molecule has 10 heteroatoms. The van der Waals surface area contributed by atoms with Gasteiger partial charge in [0.2, 0.25) is 5.88 Å². The van der Waals surface area contributed by atoms with Gasteiger partial charge in [-0.1, -0.05) is 6.07 Å². The molecule has 0 fully saturated rings. The SMILES string of the molecule is COc1ccc(CNC(=O)c2ccc(OCC(F)(F)C(F)F)nc2)cc1F. The maximum absolute atomic E-state index is 13.6. The lowest BCUT2D eigenvalue weighted by atomic mass is 10.2. The molecule has 0 aliphatic carbocycles. The van der Waals surface area contributed by atoms with Crippen LogP contribution in [0.2, 0.25) is 0 Å². The highest BCUT2D eigenvalue weighted by Gasteiger charge is 2.41. The number of hydrogen-bond donors (Lipinski definition) is 1. The number of rotatable bonds is 8. The third-order valence-electron chi connectivity index (χ3n) is 3.40. The molecule has 0 saturated heterocycles. The highest BCUT2D eigenvalue weighted by Crippen LogP contribution is 2.23. The number of ether oxygens (including phenoxy) is 2. The lowest BCUT2D eigenvalue weighted by Crippen LogP contribution is -2.33. The minimum absolute atomic E-state index is 0.0264. The Balaban J connectivity index is 1.91. The predicted molar refractivity (Wildman–Crippen MR) is 84.8 cm³/mol. The Hall–Kier alpha value is -2.91. The summed E-state index contributed by atoms with van der Waals surface area (Å²) >= 11 is 0. The molecule has 2 rings (SSSR count). The van der Waals surface area contributed by atoms with Gasteiger partial charge in [0.25, 0.3) is 5.91 Å². The Bertz CT molecular complexity index is 785. The minimum atomic E-state index is -4.30. The van der Waals surface area contributed by atoms with Gasteiger partial charge in [0.05, 0.1) is 12.7 Å². The standard InChI is InChI=1S/C17H15F5N2O3/c1-26-13-4-2-10(6-12(13)18)7-24-15(25)11-3-5-14(23-8-11)27-9-17(21,22)16(19)20/h2-6,8,16H,7,9H2,1H3,(H,24,25). The van der Waals surface area contributed by atoms with E-state index in [9.17, 15) is 26.7 Å². The fourth-order valence-electron chi connectivity index (χ4n) is 1.94. The first-order valence-corrected chi connectivity index (χ1v) is 7.58. The fourth-order valence-corrected chi connectivity index (χ4v) is 1.94. The van der Waals surface area contributed by atoms with E-state index in [-0.39, 0.29) is 23.7 Å². The number of aromatic nitrogens is 1. The van der Waals surface area contributed by atoms with Crippen molar-refractivity contribution in [3.8, 4) is 11.6 Å². The van der Waals surface area contributed by atoms with Gasteiger partial charge in [-0.25, -0.2) is 18.2 Å². The summed E-state index contributed by atoms with van der Waals surface area (Å²) in [5.74, 6) is -5.69. The molecule has 1 aromatic carbocycles. The molecule has 1 heterocycles. The summed E-state index contributed by atoms with van der Waals surface area (Å²) in [5, 5.41) is 2.52. The number of carbonyl (C=O) groups excluding carboxylic acids is 1. The van der Waals surface area contributed by atoms with Gasteiger partial charge in [0.1, 0.15) is 0 Å². The molecule has 0 aliphatic rings. The summed E-state index contributed by atoms with van der Waals surface area (Å²) in [6.07, 6.45) is -2.81. The molecule has 0 aliphatic heterocycles. The van der Waals surface area contributed by atoms with Gasteiger partial charge in [-0.05, 0) is 23.8 Å². The molecule has 0 unspecified atom stereocenters. The van der Waals surface area contributed by atoms with Crippen LogP contribution >= 0.6 is 0 Å². The van der Waals surface area contributed by atoms with Gasteiger partial charge < -0.3 is 14.8 Å². The van der Waals surface area contributed by atoms with E-state index in [4.69, 9.17) is 4.74 Å². The minimum Gasteiger partial charge on any atom is -0.494 e. The topological polar surface area (TPSA) is 60.5 Å². The third kappa shape index (κ3) is 5.53. The number of pyridine rings is 1. The number of methoxy groups -OCH3 is 1. The normalized spacial score (nSPS) is 11.4. The van der Waals surface area contributed by atoms with E-state index in [0.29, 0.717) is 5.56 Å². The highest BCUT2D eigenvalue weighted by atomic mass is 19.3. The Morgan fingerprint density at radius 1 is 1.26 bits per heavy atom. The van der Waals surface area contributed by atoms with Crippen LogP contribution in [-0.4, -0.2) is 37.0 Å². The van der Waals surface area contributed by atoms with Crippen LogP contribution in [0.3, 0.4) is 0 Å². The summed E-state index contributed by atoms with van der Waals surface area (Å²) in [4.78, 5) is 15.6. The summed E-state index contributed by atoms with van der Waals surface area (Å²) in [6.45, 7) is -1.51. The molecule has 146 valence electrons. The number of halogens is 5. The second-order valence-electron chi connectivity index (χ2n) is 5.39. The van der Waals surface area contributed by atoms with Gasteiger partial charge in [-0.3, -0.25) is 4.79 Å². The van der Waals surface area contributed by atoms with E-state index in [0.717, 1.165) is 12.3 Å². The van der Waals surface area contributed by atoms with Gasteiger partial charge in [-0.2, -0.15) is 8.78 Å². The molecule has 0 atom stereocenters. The van der Waals surface area contributed by atoms with Crippen LogP contribution in [0.25, 0.3) is 0 Å². The molecule has 1 N–H and O–H groups in total. The molecule has 1 aromatic heterocycles. The summed E-state index contributed by atoms with van der Waals surface area (Å²) in [5.41, 5.74) is 0.570. The monoisotopic (exact) mass is 390 g/mol. The Morgan fingerprint density at radius 3 is 2.56 bits per heavy atom. The molecule has 5 nitrogen and oxygen atoms in total. The van der Waals surface area contributed by atoms with E-state index in [1.54, 1.807) is 6.07 Å². The van der Waals surface area contributed by atoms with E-state index in [2.05, 4.69) is 15.0 Å². The lowest BCUT2D eigenvalue weighted by molar-refractivity contribution is -0.148. The number of alkyl halides is 4. The first-order valence-electron chi connectivity index (χ1n) is 7.58. The Morgan fingerprint density at radius 2 is 2.00 bits per heavy atom. The number of carbonyl (C=O) groups is 1. The summed E-state index contributed by atoms with van der Waals surface area (Å²) in [7, 11) is 1.33. The molecule has 2 aromatic rings. The van der Waals surface area contributed by atoms with Crippen molar-refractivity contribution in [1.29, 1.82) is 0 Å². The average Bonchev–Trinajstić information content (AvgIpc) is 2.65. The van der Waals surface area contributed by atoms with Crippen LogP contribution < -0.4 is 14.8 Å². The zero-order valence-electron chi connectivity index (χ0n) is 14.0. The zero-order chi connectivity index (χ0) is 20.0. The molecule has 0 saturated carbocycles. The Kier molecular flexibility index (Phi) is 6.54. The second-order valence-corrected chi connectivity index (χ2v) is 5.39. The number of nitrogens with one attached hydrogen (secondary N) is 1. The largest absolute Gasteiger partial charge is 0.494 e. The average molecular weight is 390 g/mol. The fraction of sp³-hybridized carbons (Fsp3) is 0.294. The first-order chi connectivity index (χ1) is 12.7. The number of hydrogen-bond acceptors (Lipinski definition) is 4. The third-order valence-corrected chi connectivity index (χ3v) is 3.40. The van der Waals surface area contributed by atoms with Gasteiger partial charge in [0, 0.05) is 18.8 Å². The molecule has 0 bridgehead atoms. The van der Waals surface area contributed by atoms with Crippen molar-refractivity contribution in [3.05, 3.63) is 53.5 Å². The quantitative estimate of drug-likeness (QED) is 0.702. The van der Waals surface area contributed by atoms with Crippen molar-refractivity contribution in [1.82, 2.24) is 10.3 Å². The van der Waals surface area contributed by atoms with E-state index in [1.807, 2.05) is 0 Å². The number of amides is 1. The van der Waals surface area contributed by atoms with Crippen molar-refractivity contribution in [2.45, 2.75) is 18.9 Å². The van der Waals surface area contributed by atoms with Gasteiger partial charge in [-0.15, -0.1) is 0 Å². The van der Waals surface area contributed by atoms with E-state index >= 15 is 0 Å². The second kappa shape index (κ2) is 8.65. The maximum Gasteiger partial charge on any atom is 0.340 e. The highest BCUT2D eigenvalue weighted by molar-refractivity contribution is 5.93. The van der Waals surface area contributed by atoms with Crippen LogP contribution in [0.1, 0.15) is 15.9 Å². The molecular formula is C17H15F5N2O3. The van der Waals surface area contributed by atoms with Crippen LogP contribution in [0.5, 0.6) is 11.6 Å². The van der Waals surface area contributed by atoms with Crippen molar-refractivity contribution in [2.24, 2.45) is 0 Å². The molecular weight excluding hydrogens is 375 g/mol. The van der Waals surface area contributed by atoms with Gasteiger partial charge in [0.15, 0.2) is 18.2 Å². The smallest absolute Gasteiger partial charge is 0.340 e. The summed E-state index contributed by atoms with van der Waals surface area (Å²) in [6, 6.07) is 6.52. The van der Waals surface area contributed by atoms with Crippen LogP contribution in [0.4, 0.5) is 22.0 Å². The van der Waals surface area contributed by atoms with Crippen molar-refractivity contribution < 1.29 is 36.2 Å². The van der Waals surface area contributed by atoms with Crippen molar-refractivity contribution in [2.75, 3.05) is 13.7 Å². The molecule has 27 heavy (non-hydrogen) atoms. The lowest BCUT2D eigenvalue weighted by Gasteiger charge is -2.15. The molecule has 0 radical (unpaired) electrons. The molecule has 0 spiro atoms. The summed E-state index contributed by atoms with van der Waals surface area (Å²) < 4.78 is 72.5. The Labute approximate surface area is 151 Å². The van der Waals surface area contributed by atoms with Crippen LogP contribution in [0.15, 0.2) is 36.5 Å². The number of benzene rings is 1. The van der Waals surface area contributed by atoms with Gasteiger partial charge >= 0.3 is 12.3 Å². The zero-order valence-corrected chi connectivity index (χ0v) is 14.0. The van der Waals surface area contributed by atoms with Crippen LogP contribution in [-0.2, 0) is 6.54 Å². The predicted octanol–water partition coefficient (Wildman–Crippen LogP) is 3.44. The maximum atomic E-state index is 13.6.